The van der Waals surface area contributed by atoms with Crippen LogP contribution >= 0.6 is 51.7 Å². The Hall–Kier alpha value is -0.810. The number of hydrogen-bond donors (Lipinski definition) is 2. The minimum Gasteiger partial charge on any atom is -0.355 e. The molecule has 0 fully saturated rings. The fourth-order valence-corrected chi connectivity index (χ4v) is 4.20. The molecule has 0 amide bonds. The number of benzene rings is 1. The molecule has 0 aliphatic carbocycles. The molecule has 0 atom stereocenters. The topological polar surface area (TPSA) is 67.1 Å². The Morgan fingerprint density at radius 1 is 1.26 bits per heavy atom. The summed E-state index contributed by atoms with van der Waals surface area (Å²) in [5.74, 6) is 2.85. The lowest BCUT2D eigenvalue weighted by atomic mass is 10.2. The van der Waals surface area contributed by atoms with Crippen LogP contribution in [0.25, 0.3) is 0 Å². The van der Waals surface area contributed by atoms with Gasteiger partial charge in [0.05, 0.1) is 6.54 Å². The molecule has 0 saturated carbocycles. The molecule has 2 N–H and O–H groups in total. The fourth-order valence-electron chi connectivity index (χ4n) is 2.88. The molecule has 0 spiro atoms. The lowest BCUT2D eigenvalue weighted by Gasteiger charge is -2.25. The van der Waals surface area contributed by atoms with Crippen molar-refractivity contribution in [2.45, 2.75) is 49.4 Å². The second kappa shape index (κ2) is 10.1. The van der Waals surface area contributed by atoms with E-state index in [2.05, 4.69) is 84.4 Å². The standard InChI is InChI=1S/C18H25BrN6S.HI/c1-18(2,26-14-8-6-13(19)7-9-14)12-22-17(20-3)21-11-16-24-23-15-5-4-10-25(15)16;/h6-9H,4-5,10-12H2,1-3H3,(H2,20,21,22);1H. The number of aryl methyl sites for hydroxylation is 1. The number of aromatic nitrogens is 3. The van der Waals surface area contributed by atoms with E-state index in [9.17, 15) is 0 Å². The quantitative estimate of drug-likeness (QED) is 0.241. The van der Waals surface area contributed by atoms with Crippen molar-refractivity contribution < 1.29 is 0 Å². The molecule has 1 aliphatic heterocycles. The van der Waals surface area contributed by atoms with E-state index in [0.29, 0.717) is 6.54 Å². The average molecular weight is 565 g/mol. The Labute approximate surface area is 190 Å². The van der Waals surface area contributed by atoms with Crippen molar-refractivity contribution in [3.05, 3.63) is 40.4 Å². The van der Waals surface area contributed by atoms with Gasteiger partial charge in [0.25, 0.3) is 0 Å². The third-order valence-electron chi connectivity index (χ3n) is 4.21. The summed E-state index contributed by atoms with van der Waals surface area (Å²) in [5, 5.41) is 15.3. The molecular weight excluding hydrogens is 539 g/mol. The van der Waals surface area contributed by atoms with E-state index in [4.69, 9.17) is 0 Å². The summed E-state index contributed by atoms with van der Waals surface area (Å²) in [6.07, 6.45) is 2.19. The Morgan fingerprint density at radius 3 is 2.70 bits per heavy atom. The summed E-state index contributed by atoms with van der Waals surface area (Å²) in [6, 6.07) is 8.41. The van der Waals surface area contributed by atoms with Gasteiger partial charge in [-0.15, -0.1) is 45.9 Å². The zero-order chi connectivity index (χ0) is 18.6. The van der Waals surface area contributed by atoms with Crippen LogP contribution in [0.3, 0.4) is 0 Å². The number of nitrogens with zero attached hydrogens (tertiary/aromatic N) is 4. The Morgan fingerprint density at radius 2 is 2.00 bits per heavy atom. The van der Waals surface area contributed by atoms with Gasteiger partial charge in [-0.1, -0.05) is 15.9 Å². The van der Waals surface area contributed by atoms with E-state index in [1.54, 1.807) is 7.05 Å². The van der Waals surface area contributed by atoms with E-state index in [1.165, 1.54) is 4.90 Å². The summed E-state index contributed by atoms with van der Waals surface area (Å²) < 4.78 is 3.33. The van der Waals surface area contributed by atoms with Crippen molar-refractivity contribution in [2.75, 3.05) is 13.6 Å². The molecular formula is C18H26BrIN6S. The minimum absolute atomic E-state index is 0. The van der Waals surface area contributed by atoms with Crippen LogP contribution in [0.2, 0.25) is 0 Å². The molecule has 9 heteroatoms. The van der Waals surface area contributed by atoms with Gasteiger partial charge in [-0.25, -0.2) is 0 Å². The Bertz CT molecular complexity index is 775. The van der Waals surface area contributed by atoms with Gasteiger partial charge < -0.3 is 15.2 Å². The number of hydrogen-bond acceptors (Lipinski definition) is 4. The van der Waals surface area contributed by atoms with Crippen LogP contribution < -0.4 is 10.6 Å². The summed E-state index contributed by atoms with van der Waals surface area (Å²) in [4.78, 5) is 5.58. The van der Waals surface area contributed by atoms with Crippen LogP contribution in [0.4, 0.5) is 0 Å². The monoisotopic (exact) mass is 564 g/mol. The first-order valence-electron chi connectivity index (χ1n) is 8.77. The van der Waals surface area contributed by atoms with E-state index in [1.807, 2.05) is 11.8 Å². The number of halogens is 2. The molecule has 148 valence electrons. The van der Waals surface area contributed by atoms with Gasteiger partial charge in [-0.2, -0.15) is 0 Å². The lowest BCUT2D eigenvalue weighted by Crippen LogP contribution is -2.43. The van der Waals surface area contributed by atoms with Crippen LogP contribution in [0.5, 0.6) is 0 Å². The van der Waals surface area contributed by atoms with Crippen molar-refractivity contribution >= 4 is 57.6 Å². The number of aliphatic imine (C=N–C) groups is 1. The molecule has 1 aliphatic rings. The fraction of sp³-hybridized carbons (Fsp3) is 0.500. The van der Waals surface area contributed by atoms with Crippen LogP contribution in [0, 0.1) is 0 Å². The molecule has 1 aromatic heterocycles. The van der Waals surface area contributed by atoms with Gasteiger partial charge in [0.2, 0.25) is 0 Å². The molecule has 0 saturated heterocycles. The van der Waals surface area contributed by atoms with Crippen molar-refractivity contribution in [1.29, 1.82) is 0 Å². The molecule has 0 radical (unpaired) electrons. The third kappa shape index (κ3) is 6.35. The maximum atomic E-state index is 4.32. The lowest BCUT2D eigenvalue weighted by molar-refractivity contribution is 0.642. The highest BCUT2D eigenvalue weighted by Crippen LogP contribution is 2.32. The summed E-state index contributed by atoms with van der Waals surface area (Å²) in [6.45, 7) is 6.90. The molecule has 27 heavy (non-hydrogen) atoms. The maximum Gasteiger partial charge on any atom is 0.191 e. The Balaban J connectivity index is 0.00000261. The molecule has 2 heterocycles. The van der Waals surface area contributed by atoms with Gasteiger partial charge in [0, 0.05) is 40.7 Å². The normalized spacial score (nSPS) is 13.9. The Kier molecular flexibility index (Phi) is 8.41. The first-order chi connectivity index (χ1) is 12.5. The van der Waals surface area contributed by atoms with Crippen molar-refractivity contribution in [1.82, 2.24) is 25.4 Å². The second-order valence-electron chi connectivity index (χ2n) is 6.88. The van der Waals surface area contributed by atoms with Gasteiger partial charge in [0.1, 0.15) is 5.82 Å². The number of rotatable bonds is 6. The first kappa shape index (κ1) is 22.5. The highest BCUT2D eigenvalue weighted by molar-refractivity contribution is 14.0. The highest BCUT2D eigenvalue weighted by atomic mass is 127. The smallest absolute Gasteiger partial charge is 0.191 e. The van der Waals surface area contributed by atoms with Gasteiger partial charge in [-0.05, 0) is 44.5 Å². The molecule has 2 aromatic rings. The van der Waals surface area contributed by atoms with Crippen LogP contribution in [-0.4, -0.2) is 39.1 Å². The van der Waals surface area contributed by atoms with E-state index >= 15 is 0 Å². The maximum absolute atomic E-state index is 4.32. The number of thioether (sulfide) groups is 1. The summed E-state index contributed by atoms with van der Waals surface area (Å²) >= 11 is 5.33. The predicted molar refractivity (Wildman–Crippen MR) is 126 cm³/mol. The number of guanidine groups is 1. The van der Waals surface area contributed by atoms with Gasteiger partial charge in [0.15, 0.2) is 11.8 Å². The molecule has 0 bridgehead atoms. The summed E-state index contributed by atoms with van der Waals surface area (Å²) in [7, 11) is 1.79. The second-order valence-corrected chi connectivity index (χ2v) is 9.58. The van der Waals surface area contributed by atoms with Crippen molar-refractivity contribution in [2.24, 2.45) is 4.99 Å². The molecule has 0 unspecified atom stereocenters. The number of fused-ring (bicyclic) bond motifs is 1. The van der Waals surface area contributed by atoms with Crippen LogP contribution in [0.1, 0.15) is 31.9 Å². The van der Waals surface area contributed by atoms with E-state index in [-0.39, 0.29) is 28.7 Å². The van der Waals surface area contributed by atoms with Crippen LogP contribution in [0.15, 0.2) is 38.6 Å². The van der Waals surface area contributed by atoms with Crippen LogP contribution in [-0.2, 0) is 19.5 Å². The highest BCUT2D eigenvalue weighted by Gasteiger charge is 2.21. The zero-order valence-corrected chi connectivity index (χ0v) is 20.6. The minimum atomic E-state index is 0. The van der Waals surface area contributed by atoms with Crippen molar-refractivity contribution in [3.63, 3.8) is 0 Å². The van der Waals surface area contributed by atoms with E-state index < -0.39 is 0 Å². The number of nitrogens with one attached hydrogen (secondary N) is 2. The van der Waals surface area contributed by atoms with Gasteiger partial charge in [-0.3, -0.25) is 4.99 Å². The predicted octanol–water partition coefficient (Wildman–Crippen LogP) is 3.84. The largest absolute Gasteiger partial charge is 0.355 e. The third-order valence-corrected chi connectivity index (χ3v) is 5.95. The molecule has 1 aromatic carbocycles. The first-order valence-corrected chi connectivity index (χ1v) is 10.4. The van der Waals surface area contributed by atoms with E-state index in [0.717, 1.165) is 48.0 Å². The van der Waals surface area contributed by atoms with Gasteiger partial charge >= 0.3 is 0 Å². The zero-order valence-electron chi connectivity index (χ0n) is 15.8. The molecule has 6 nitrogen and oxygen atoms in total. The summed E-state index contributed by atoms with van der Waals surface area (Å²) in [5.41, 5.74) is 0. The average Bonchev–Trinajstić information content (AvgIpc) is 3.21. The molecule has 3 rings (SSSR count). The van der Waals surface area contributed by atoms with Crippen molar-refractivity contribution in [3.8, 4) is 0 Å². The SMILES string of the molecule is CN=C(NCc1nnc2n1CCC2)NCC(C)(C)Sc1ccc(Br)cc1.I.